The highest BCUT2D eigenvalue weighted by molar-refractivity contribution is 5.79. The maximum atomic E-state index is 12.7. The van der Waals surface area contributed by atoms with Crippen LogP contribution >= 0.6 is 0 Å². The maximum absolute atomic E-state index is 12.7. The van der Waals surface area contributed by atoms with Crippen molar-refractivity contribution in [1.29, 1.82) is 0 Å². The summed E-state index contributed by atoms with van der Waals surface area (Å²) < 4.78 is 4.93. The molecule has 2 amide bonds. The van der Waals surface area contributed by atoms with E-state index in [-0.39, 0.29) is 11.8 Å². The Morgan fingerprint density at radius 1 is 1.04 bits per heavy atom. The zero-order chi connectivity index (χ0) is 18.8. The van der Waals surface area contributed by atoms with Crippen molar-refractivity contribution in [3.63, 3.8) is 0 Å². The molecule has 1 aliphatic heterocycles. The molecule has 26 heavy (non-hydrogen) atoms. The van der Waals surface area contributed by atoms with Gasteiger partial charge in [0.25, 0.3) is 0 Å². The molecule has 7 nitrogen and oxygen atoms in total. The van der Waals surface area contributed by atoms with E-state index >= 15 is 0 Å². The minimum Gasteiger partial charge on any atom is -0.383 e. The Kier molecular flexibility index (Phi) is 9.36. The van der Waals surface area contributed by atoms with Gasteiger partial charge in [-0.05, 0) is 19.8 Å². The SMILES string of the molecule is CCN(C(=O)CN1CCN(CC(=O)NCCOC)CC1)C1CCCCC1. The molecule has 2 fully saturated rings. The second-order valence-corrected chi connectivity index (χ2v) is 7.37. The lowest BCUT2D eigenvalue weighted by atomic mass is 9.94. The first-order valence-electron chi connectivity index (χ1n) is 10.1. The molecule has 0 aromatic carbocycles. The minimum atomic E-state index is 0.0426. The van der Waals surface area contributed by atoms with E-state index in [9.17, 15) is 9.59 Å². The van der Waals surface area contributed by atoms with Gasteiger partial charge in [-0.1, -0.05) is 19.3 Å². The van der Waals surface area contributed by atoms with Crippen LogP contribution in [-0.2, 0) is 14.3 Å². The smallest absolute Gasteiger partial charge is 0.236 e. The van der Waals surface area contributed by atoms with Crippen LogP contribution < -0.4 is 5.32 Å². The van der Waals surface area contributed by atoms with Crippen molar-refractivity contribution < 1.29 is 14.3 Å². The number of piperazine rings is 1. The van der Waals surface area contributed by atoms with Crippen LogP contribution in [0.3, 0.4) is 0 Å². The lowest BCUT2D eigenvalue weighted by Gasteiger charge is -2.37. The van der Waals surface area contributed by atoms with Crippen molar-refractivity contribution in [2.24, 2.45) is 0 Å². The van der Waals surface area contributed by atoms with Crippen LogP contribution in [0, 0.1) is 0 Å². The fourth-order valence-corrected chi connectivity index (χ4v) is 3.97. The highest BCUT2D eigenvalue weighted by Crippen LogP contribution is 2.22. The minimum absolute atomic E-state index is 0.0426. The molecule has 1 N–H and O–H groups in total. The summed E-state index contributed by atoms with van der Waals surface area (Å²) in [5.41, 5.74) is 0. The summed E-state index contributed by atoms with van der Waals surface area (Å²) in [6, 6.07) is 0.443. The quantitative estimate of drug-likeness (QED) is 0.602. The van der Waals surface area contributed by atoms with E-state index in [1.54, 1.807) is 7.11 Å². The topological polar surface area (TPSA) is 65.1 Å². The Balaban J connectivity index is 1.68. The largest absolute Gasteiger partial charge is 0.383 e. The van der Waals surface area contributed by atoms with Crippen molar-refractivity contribution >= 4 is 11.8 Å². The molecule has 1 saturated heterocycles. The van der Waals surface area contributed by atoms with Gasteiger partial charge in [0.15, 0.2) is 0 Å². The number of carbonyl (C=O) groups excluding carboxylic acids is 2. The molecule has 1 heterocycles. The third-order valence-electron chi connectivity index (χ3n) is 5.50. The highest BCUT2D eigenvalue weighted by atomic mass is 16.5. The van der Waals surface area contributed by atoms with Crippen molar-refractivity contribution in [3.05, 3.63) is 0 Å². The van der Waals surface area contributed by atoms with Crippen LogP contribution in [0.15, 0.2) is 0 Å². The maximum Gasteiger partial charge on any atom is 0.236 e. The molecule has 1 aliphatic carbocycles. The third kappa shape index (κ3) is 6.85. The van der Waals surface area contributed by atoms with Gasteiger partial charge in [-0.15, -0.1) is 0 Å². The first-order chi connectivity index (χ1) is 12.6. The predicted molar refractivity (Wildman–Crippen MR) is 102 cm³/mol. The van der Waals surface area contributed by atoms with E-state index in [1.807, 2.05) is 0 Å². The number of nitrogens with zero attached hydrogens (tertiary/aromatic N) is 3. The van der Waals surface area contributed by atoms with Gasteiger partial charge in [-0.25, -0.2) is 0 Å². The number of ether oxygens (including phenoxy) is 1. The second-order valence-electron chi connectivity index (χ2n) is 7.37. The number of nitrogens with one attached hydrogen (secondary N) is 1. The van der Waals surface area contributed by atoms with Gasteiger partial charge in [-0.2, -0.15) is 0 Å². The number of carbonyl (C=O) groups is 2. The van der Waals surface area contributed by atoms with E-state index in [0.29, 0.717) is 32.3 Å². The summed E-state index contributed by atoms with van der Waals surface area (Å²) in [6.07, 6.45) is 6.12. The van der Waals surface area contributed by atoms with Gasteiger partial charge >= 0.3 is 0 Å². The first-order valence-corrected chi connectivity index (χ1v) is 10.1. The Bertz CT molecular complexity index is 433. The Morgan fingerprint density at radius 3 is 2.23 bits per heavy atom. The average Bonchev–Trinajstić information content (AvgIpc) is 2.65. The molecule has 0 bridgehead atoms. The van der Waals surface area contributed by atoms with E-state index in [1.165, 1.54) is 19.3 Å². The summed E-state index contributed by atoms with van der Waals surface area (Å²) in [7, 11) is 1.63. The van der Waals surface area contributed by atoms with E-state index in [4.69, 9.17) is 4.74 Å². The molecule has 1 saturated carbocycles. The van der Waals surface area contributed by atoms with Crippen LogP contribution in [-0.4, -0.2) is 98.6 Å². The van der Waals surface area contributed by atoms with Crippen LogP contribution in [0.4, 0.5) is 0 Å². The molecule has 150 valence electrons. The molecule has 2 aliphatic rings. The summed E-state index contributed by atoms with van der Waals surface area (Å²) in [6.45, 7) is 8.29. The lowest BCUT2D eigenvalue weighted by molar-refractivity contribution is -0.136. The molecule has 0 radical (unpaired) electrons. The van der Waals surface area contributed by atoms with Gasteiger partial charge in [0.2, 0.25) is 11.8 Å². The van der Waals surface area contributed by atoms with Crippen LogP contribution in [0.1, 0.15) is 39.0 Å². The van der Waals surface area contributed by atoms with Crippen molar-refractivity contribution in [3.8, 4) is 0 Å². The van der Waals surface area contributed by atoms with Gasteiger partial charge in [0.05, 0.1) is 19.7 Å². The fourth-order valence-electron chi connectivity index (χ4n) is 3.97. The summed E-state index contributed by atoms with van der Waals surface area (Å²) >= 11 is 0. The number of likely N-dealkylation sites (N-methyl/N-ethyl adjacent to an activating group) is 1. The average molecular weight is 369 g/mol. The lowest BCUT2D eigenvalue weighted by Crippen LogP contribution is -2.53. The normalized spacial score (nSPS) is 20.1. The molecular weight excluding hydrogens is 332 g/mol. The zero-order valence-electron chi connectivity index (χ0n) is 16.5. The Labute approximate surface area is 158 Å². The van der Waals surface area contributed by atoms with Crippen LogP contribution in [0.25, 0.3) is 0 Å². The Morgan fingerprint density at radius 2 is 1.65 bits per heavy atom. The van der Waals surface area contributed by atoms with E-state index in [0.717, 1.165) is 45.6 Å². The van der Waals surface area contributed by atoms with Crippen LogP contribution in [0.2, 0.25) is 0 Å². The molecule has 2 rings (SSSR count). The van der Waals surface area contributed by atoms with Gasteiger partial charge in [-0.3, -0.25) is 19.4 Å². The molecule has 0 unspecified atom stereocenters. The van der Waals surface area contributed by atoms with Gasteiger partial charge < -0.3 is 15.0 Å². The van der Waals surface area contributed by atoms with Crippen molar-refractivity contribution in [2.45, 2.75) is 45.1 Å². The molecule has 7 heteroatoms. The number of hydrogen-bond acceptors (Lipinski definition) is 5. The molecule has 0 aromatic heterocycles. The summed E-state index contributed by atoms with van der Waals surface area (Å²) in [5, 5.41) is 2.85. The molecule has 0 atom stereocenters. The standard InChI is InChI=1S/C19H36N4O3/c1-3-23(17-7-5-4-6-8-17)19(25)16-22-12-10-21(11-13-22)15-18(24)20-9-14-26-2/h17H,3-16H2,1-2H3,(H,20,24). The number of rotatable bonds is 9. The van der Waals surface area contributed by atoms with E-state index in [2.05, 4.69) is 26.9 Å². The predicted octanol–water partition coefficient (Wildman–Crippen LogP) is 0.548. The number of methoxy groups -OCH3 is 1. The zero-order valence-corrected chi connectivity index (χ0v) is 16.5. The summed E-state index contributed by atoms with van der Waals surface area (Å²) in [4.78, 5) is 31.1. The van der Waals surface area contributed by atoms with E-state index < -0.39 is 0 Å². The molecule has 0 spiro atoms. The second kappa shape index (κ2) is 11.5. The van der Waals surface area contributed by atoms with Gasteiger partial charge in [0, 0.05) is 52.4 Å². The van der Waals surface area contributed by atoms with Gasteiger partial charge in [0.1, 0.15) is 0 Å². The molecular formula is C19H36N4O3. The first kappa shape index (κ1) is 21.1. The number of amides is 2. The molecule has 0 aromatic rings. The third-order valence-corrected chi connectivity index (χ3v) is 5.50. The fraction of sp³-hybridized carbons (Fsp3) is 0.895. The summed E-state index contributed by atoms with van der Waals surface area (Å²) in [5.74, 6) is 0.311. The highest BCUT2D eigenvalue weighted by Gasteiger charge is 2.27. The van der Waals surface area contributed by atoms with Crippen molar-refractivity contribution in [2.75, 3.05) is 66.1 Å². The Hall–Kier alpha value is -1.18. The van der Waals surface area contributed by atoms with Crippen molar-refractivity contribution in [1.82, 2.24) is 20.0 Å². The van der Waals surface area contributed by atoms with Crippen LogP contribution in [0.5, 0.6) is 0 Å². The number of hydrogen-bond donors (Lipinski definition) is 1. The monoisotopic (exact) mass is 368 g/mol.